The lowest BCUT2D eigenvalue weighted by atomic mass is 10.0. The van der Waals surface area contributed by atoms with E-state index in [1.54, 1.807) is 12.1 Å². The smallest absolute Gasteiger partial charge is 0.154 e. The number of pyridine rings is 2. The van der Waals surface area contributed by atoms with E-state index in [2.05, 4.69) is 48.9 Å². The summed E-state index contributed by atoms with van der Waals surface area (Å²) in [6.07, 6.45) is 3.85. The molecule has 40 heavy (non-hydrogen) atoms. The van der Waals surface area contributed by atoms with Crippen LogP contribution < -0.4 is 14.7 Å². The molecule has 6 heterocycles. The molecule has 7 rings (SSSR count). The average Bonchev–Trinajstić information content (AvgIpc) is 3.65. The number of hydrogen-bond acceptors (Lipinski definition) is 7. The highest BCUT2D eigenvalue weighted by Crippen LogP contribution is 2.36. The van der Waals surface area contributed by atoms with Crippen LogP contribution in [-0.4, -0.2) is 57.3 Å². The minimum absolute atomic E-state index is 0.0998. The van der Waals surface area contributed by atoms with E-state index in [9.17, 15) is 4.39 Å². The van der Waals surface area contributed by atoms with Crippen LogP contribution >= 0.6 is 0 Å². The second kappa shape index (κ2) is 10.2. The molecular weight excluding hydrogens is 503 g/mol. The molecule has 2 saturated heterocycles. The molecule has 0 radical (unpaired) electrons. The molecule has 202 valence electrons. The molecule has 0 spiro atoms. The molecule has 0 amide bonds. The summed E-state index contributed by atoms with van der Waals surface area (Å²) in [4.78, 5) is 21.3. The molecule has 2 aliphatic heterocycles. The lowest BCUT2D eigenvalue weighted by Crippen LogP contribution is -2.47. The Morgan fingerprint density at radius 3 is 2.30 bits per heavy atom. The minimum atomic E-state index is -0.205. The van der Waals surface area contributed by atoms with Crippen LogP contribution in [0.1, 0.15) is 30.1 Å². The third-order valence-electron chi connectivity index (χ3n) is 7.93. The number of halogens is 1. The Hall–Kier alpha value is -4.53. The summed E-state index contributed by atoms with van der Waals surface area (Å²) < 4.78 is 15.9. The van der Waals surface area contributed by atoms with Crippen molar-refractivity contribution in [2.75, 3.05) is 47.4 Å². The fourth-order valence-electron chi connectivity index (χ4n) is 5.90. The SMILES string of the molecule is Cc1cccc(N2CCN(c3cccc(-c4cnc5ccc(N6CCCC6c6cccc(F)c6)nn45)n3)CC2)n1. The maximum atomic E-state index is 14.0. The van der Waals surface area contributed by atoms with Crippen LogP contribution in [0.5, 0.6) is 0 Å². The Labute approximate surface area is 232 Å². The number of nitrogens with zero attached hydrogens (tertiary/aromatic N) is 8. The van der Waals surface area contributed by atoms with Crippen LogP contribution in [0.3, 0.4) is 0 Å². The maximum Gasteiger partial charge on any atom is 0.154 e. The fourth-order valence-corrected chi connectivity index (χ4v) is 5.90. The number of benzene rings is 1. The van der Waals surface area contributed by atoms with Crippen molar-refractivity contribution in [2.45, 2.75) is 25.8 Å². The van der Waals surface area contributed by atoms with Crippen LogP contribution in [0.4, 0.5) is 21.8 Å². The summed E-state index contributed by atoms with van der Waals surface area (Å²) in [6.45, 7) is 6.44. The van der Waals surface area contributed by atoms with Gasteiger partial charge >= 0.3 is 0 Å². The van der Waals surface area contributed by atoms with Gasteiger partial charge in [0.25, 0.3) is 0 Å². The van der Waals surface area contributed by atoms with Crippen LogP contribution in [0.2, 0.25) is 0 Å². The highest BCUT2D eigenvalue weighted by atomic mass is 19.1. The first-order valence-corrected chi connectivity index (χ1v) is 13.9. The molecule has 1 unspecified atom stereocenters. The highest BCUT2D eigenvalue weighted by Gasteiger charge is 2.28. The number of rotatable bonds is 5. The first kappa shape index (κ1) is 24.5. The third kappa shape index (κ3) is 4.61. The van der Waals surface area contributed by atoms with Gasteiger partial charge in [-0.1, -0.05) is 24.3 Å². The van der Waals surface area contributed by atoms with Gasteiger partial charge in [0.15, 0.2) is 5.65 Å². The van der Waals surface area contributed by atoms with E-state index < -0.39 is 0 Å². The second-order valence-corrected chi connectivity index (χ2v) is 10.5. The molecule has 9 heteroatoms. The van der Waals surface area contributed by atoms with Gasteiger partial charge in [-0.15, -0.1) is 5.10 Å². The third-order valence-corrected chi connectivity index (χ3v) is 7.93. The van der Waals surface area contributed by atoms with Crippen molar-refractivity contribution in [3.63, 3.8) is 0 Å². The first-order valence-electron chi connectivity index (χ1n) is 13.9. The Kier molecular flexibility index (Phi) is 6.26. The summed E-state index contributed by atoms with van der Waals surface area (Å²) in [7, 11) is 0. The fraction of sp³-hybridized carbons (Fsp3) is 0.290. The van der Waals surface area contributed by atoms with Gasteiger partial charge in [-0.2, -0.15) is 0 Å². The van der Waals surface area contributed by atoms with Crippen LogP contribution in [0.15, 0.2) is 79.0 Å². The van der Waals surface area contributed by atoms with Gasteiger partial charge in [0.2, 0.25) is 0 Å². The number of aromatic nitrogens is 5. The quantitative estimate of drug-likeness (QED) is 0.303. The molecule has 1 aromatic carbocycles. The van der Waals surface area contributed by atoms with Crippen molar-refractivity contribution in [3.8, 4) is 11.4 Å². The lowest BCUT2D eigenvalue weighted by Gasteiger charge is -2.36. The number of piperazine rings is 1. The lowest BCUT2D eigenvalue weighted by molar-refractivity contribution is 0.617. The molecule has 0 saturated carbocycles. The summed E-state index contributed by atoms with van der Waals surface area (Å²) >= 11 is 0. The molecular formula is C31H31FN8. The zero-order valence-electron chi connectivity index (χ0n) is 22.5. The van der Waals surface area contributed by atoms with E-state index in [1.165, 1.54) is 6.07 Å². The second-order valence-electron chi connectivity index (χ2n) is 10.5. The maximum absolute atomic E-state index is 14.0. The Morgan fingerprint density at radius 2 is 1.52 bits per heavy atom. The summed E-state index contributed by atoms with van der Waals surface area (Å²) in [5.41, 5.74) is 4.47. The van der Waals surface area contributed by atoms with E-state index in [0.717, 1.165) is 91.3 Å². The van der Waals surface area contributed by atoms with E-state index in [0.29, 0.717) is 0 Å². The first-order chi connectivity index (χ1) is 19.6. The van der Waals surface area contributed by atoms with Crippen molar-refractivity contribution in [2.24, 2.45) is 0 Å². The number of anilines is 3. The Morgan fingerprint density at radius 1 is 0.775 bits per heavy atom. The Bertz CT molecular complexity index is 1660. The van der Waals surface area contributed by atoms with E-state index in [4.69, 9.17) is 10.1 Å². The normalized spacial score (nSPS) is 17.6. The van der Waals surface area contributed by atoms with Crippen molar-refractivity contribution in [1.82, 2.24) is 24.6 Å². The summed E-state index contributed by atoms with van der Waals surface area (Å²) in [5.74, 6) is 2.64. The standard InChI is InChI=1S/C31H31FN8/c1-22-6-2-11-29(34-22)37-16-18-38(19-17-37)30-12-4-9-25(35-30)27-21-33-28-13-14-31(36-40(27)28)39-15-5-10-26(39)23-7-3-8-24(32)20-23/h2-4,6-9,11-14,20-21,26H,5,10,15-19H2,1H3. The molecule has 0 N–H and O–H groups in total. The topological polar surface area (TPSA) is 65.7 Å². The molecule has 8 nitrogen and oxygen atoms in total. The van der Waals surface area contributed by atoms with E-state index >= 15 is 0 Å². The van der Waals surface area contributed by atoms with Gasteiger partial charge in [-0.05, 0) is 73.9 Å². The van der Waals surface area contributed by atoms with Crippen LogP contribution in [-0.2, 0) is 0 Å². The zero-order valence-corrected chi connectivity index (χ0v) is 22.5. The zero-order chi connectivity index (χ0) is 27.1. The van der Waals surface area contributed by atoms with Crippen molar-refractivity contribution < 1.29 is 4.39 Å². The summed E-state index contributed by atoms with van der Waals surface area (Å²) in [6, 6.07) is 23.3. The number of hydrogen-bond donors (Lipinski definition) is 0. The van der Waals surface area contributed by atoms with E-state index in [-0.39, 0.29) is 11.9 Å². The van der Waals surface area contributed by atoms with Crippen LogP contribution in [0, 0.1) is 12.7 Å². The summed E-state index contributed by atoms with van der Waals surface area (Å²) in [5, 5.41) is 5.00. The van der Waals surface area contributed by atoms with Crippen molar-refractivity contribution in [1.29, 1.82) is 0 Å². The van der Waals surface area contributed by atoms with Gasteiger partial charge in [0.1, 0.15) is 29.0 Å². The van der Waals surface area contributed by atoms with Gasteiger partial charge in [-0.25, -0.2) is 23.9 Å². The van der Waals surface area contributed by atoms with Gasteiger partial charge in [0.05, 0.1) is 17.9 Å². The molecule has 2 fully saturated rings. The van der Waals surface area contributed by atoms with E-state index in [1.807, 2.05) is 48.0 Å². The van der Waals surface area contributed by atoms with Crippen LogP contribution in [0.25, 0.3) is 17.0 Å². The highest BCUT2D eigenvalue weighted by molar-refractivity contribution is 5.63. The monoisotopic (exact) mass is 534 g/mol. The predicted molar refractivity (Wildman–Crippen MR) is 155 cm³/mol. The molecule has 0 bridgehead atoms. The minimum Gasteiger partial charge on any atom is -0.353 e. The molecule has 0 aliphatic carbocycles. The van der Waals surface area contributed by atoms with Crippen molar-refractivity contribution in [3.05, 3.63) is 96.1 Å². The van der Waals surface area contributed by atoms with Crippen molar-refractivity contribution >= 4 is 23.1 Å². The number of imidazole rings is 1. The number of fused-ring (bicyclic) bond motifs is 1. The molecule has 2 aliphatic rings. The molecule has 1 atom stereocenters. The van der Waals surface area contributed by atoms with Gasteiger partial charge in [0, 0.05) is 38.4 Å². The van der Waals surface area contributed by atoms with Gasteiger partial charge < -0.3 is 14.7 Å². The number of aryl methyl sites for hydroxylation is 1. The predicted octanol–water partition coefficient (Wildman–Crippen LogP) is 5.30. The molecule has 4 aromatic heterocycles. The average molecular weight is 535 g/mol. The van der Waals surface area contributed by atoms with Gasteiger partial charge in [-0.3, -0.25) is 0 Å². The Balaban J connectivity index is 1.14. The molecule has 5 aromatic rings. The largest absolute Gasteiger partial charge is 0.353 e.